The number of rotatable bonds is 1. The van der Waals surface area contributed by atoms with Crippen LogP contribution in [0.1, 0.15) is 10.4 Å². The maximum atomic E-state index is 12.4. The van der Waals surface area contributed by atoms with Gasteiger partial charge in [-0.1, -0.05) is 0 Å². The highest BCUT2D eigenvalue weighted by atomic mass is 32.2. The van der Waals surface area contributed by atoms with Crippen LogP contribution in [0, 0.1) is 0 Å². The van der Waals surface area contributed by atoms with E-state index in [1.54, 1.807) is 16.2 Å². The van der Waals surface area contributed by atoms with Crippen LogP contribution in [0.15, 0.2) is 11.4 Å². The maximum Gasteiger partial charge on any atom is 0.327 e. The molecule has 0 aliphatic carbocycles. The van der Waals surface area contributed by atoms with Crippen LogP contribution >= 0.6 is 23.1 Å². The van der Waals surface area contributed by atoms with Crippen LogP contribution in [-0.2, 0) is 17.8 Å². The van der Waals surface area contributed by atoms with Crippen molar-refractivity contribution in [1.82, 2.24) is 9.80 Å². The molecule has 3 rings (SSSR count). The van der Waals surface area contributed by atoms with Crippen molar-refractivity contribution in [3.8, 4) is 0 Å². The first kappa shape index (κ1) is 12.8. The van der Waals surface area contributed by atoms with Crippen molar-refractivity contribution in [1.29, 1.82) is 0 Å². The minimum absolute atomic E-state index is 0.144. The lowest BCUT2D eigenvalue weighted by molar-refractivity contribution is -0.140. The predicted molar refractivity (Wildman–Crippen MR) is 74.4 cm³/mol. The van der Waals surface area contributed by atoms with Crippen molar-refractivity contribution in [2.75, 3.05) is 18.2 Å². The number of fused-ring (bicyclic) bond motifs is 1. The summed E-state index contributed by atoms with van der Waals surface area (Å²) in [4.78, 5) is 28.1. The summed E-state index contributed by atoms with van der Waals surface area (Å²) in [5.74, 6) is 0.0492. The number of urea groups is 1. The number of nitrogens with zero attached hydrogens (tertiary/aromatic N) is 2. The summed E-state index contributed by atoms with van der Waals surface area (Å²) in [6.07, 6.45) is 0.872. The van der Waals surface area contributed by atoms with E-state index in [1.165, 1.54) is 27.1 Å². The molecule has 1 aromatic rings. The number of carboxylic acids is 1. The zero-order valence-electron chi connectivity index (χ0n) is 10.2. The van der Waals surface area contributed by atoms with Gasteiger partial charge in [-0.3, -0.25) is 0 Å². The zero-order chi connectivity index (χ0) is 13.4. The molecule has 0 spiro atoms. The molecule has 1 fully saturated rings. The highest BCUT2D eigenvalue weighted by molar-refractivity contribution is 7.99. The molecule has 102 valence electrons. The SMILES string of the molecule is O=C(O)[C@@H]1CSCN1C(=O)N1CCc2sccc2C1. The molecule has 2 amide bonds. The summed E-state index contributed by atoms with van der Waals surface area (Å²) in [7, 11) is 0. The maximum absolute atomic E-state index is 12.4. The van der Waals surface area contributed by atoms with E-state index in [9.17, 15) is 9.59 Å². The van der Waals surface area contributed by atoms with Crippen molar-refractivity contribution in [3.63, 3.8) is 0 Å². The average Bonchev–Trinajstić information content (AvgIpc) is 3.05. The second kappa shape index (κ2) is 5.05. The molecule has 2 aliphatic rings. The predicted octanol–water partition coefficient (Wildman–Crippen LogP) is 1.69. The van der Waals surface area contributed by atoms with Crippen LogP contribution in [0.4, 0.5) is 4.79 Å². The Bertz CT molecular complexity index is 517. The van der Waals surface area contributed by atoms with Gasteiger partial charge in [0.05, 0.1) is 5.88 Å². The quantitative estimate of drug-likeness (QED) is 0.857. The second-order valence-corrected chi connectivity index (χ2v) is 6.65. The number of aliphatic carboxylic acids is 1. The number of thioether (sulfide) groups is 1. The lowest BCUT2D eigenvalue weighted by atomic mass is 10.1. The normalized spacial score (nSPS) is 22.4. The summed E-state index contributed by atoms with van der Waals surface area (Å²) in [6.45, 7) is 1.28. The van der Waals surface area contributed by atoms with Crippen molar-refractivity contribution in [2.45, 2.75) is 19.0 Å². The summed E-state index contributed by atoms with van der Waals surface area (Å²) < 4.78 is 0. The summed E-state index contributed by atoms with van der Waals surface area (Å²) in [5.41, 5.74) is 1.20. The van der Waals surface area contributed by atoms with Gasteiger partial charge in [-0.05, 0) is 23.4 Å². The Morgan fingerprint density at radius 1 is 1.42 bits per heavy atom. The van der Waals surface area contributed by atoms with E-state index in [2.05, 4.69) is 0 Å². The second-order valence-electron chi connectivity index (χ2n) is 4.65. The van der Waals surface area contributed by atoms with Gasteiger partial charge in [0.25, 0.3) is 0 Å². The van der Waals surface area contributed by atoms with E-state index in [1.807, 2.05) is 11.4 Å². The van der Waals surface area contributed by atoms with E-state index >= 15 is 0 Å². The Labute approximate surface area is 119 Å². The van der Waals surface area contributed by atoms with E-state index < -0.39 is 12.0 Å². The number of hydrogen-bond acceptors (Lipinski definition) is 4. The smallest absolute Gasteiger partial charge is 0.327 e. The van der Waals surface area contributed by atoms with Crippen LogP contribution in [0.5, 0.6) is 0 Å². The Hall–Kier alpha value is -1.21. The molecule has 7 heteroatoms. The van der Waals surface area contributed by atoms with Crippen LogP contribution in [0.25, 0.3) is 0 Å². The molecule has 1 atom stereocenters. The lowest BCUT2D eigenvalue weighted by Gasteiger charge is -2.32. The minimum Gasteiger partial charge on any atom is -0.480 e. The lowest BCUT2D eigenvalue weighted by Crippen LogP contribution is -2.49. The Balaban J connectivity index is 1.73. The van der Waals surface area contributed by atoms with Gasteiger partial charge in [-0.2, -0.15) is 0 Å². The van der Waals surface area contributed by atoms with Gasteiger partial charge in [-0.25, -0.2) is 9.59 Å². The minimum atomic E-state index is -0.911. The third-order valence-electron chi connectivity index (χ3n) is 3.49. The van der Waals surface area contributed by atoms with Gasteiger partial charge in [0, 0.05) is 23.7 Å². The van der Waals surface area contributed by atoms with E-state index in [4.69, 9.17) is 5.11 Å². The number of thiophene rings is 1. The third-order valence-corrected chi connectivity index (χ3v) is 5.53. The highest BCUT2D eigenvalue weighted by Gasteiger charge is 2.37. The molecule has 0 saturated carbocycles. The number of carboxylic acid groups (broad SMARTS) is 1. The van der Waals surface area contributed by atoms with Crippen molar-refractivity contribution < 1.29 is 14.7 Å². The standard InChI is InChI=1S/C12H14N2O3S2/c15-11(16)9-6-18-7-14(9)12(17)13-3-1-10-8(5-13)2-4-19-10/h2,4,9H,1,3,5-7H2,(H,15,16)/t9-/m0/s1. The number of hydrogen-bond donors (Lipinski definition) is 1. The fourth-order valence-electron chi connectivity index (χ4n) is 2.43. The summed E-state index contributed by atoms with van der Waals surface area (Å²) in [5, 5.41) is 11.2. The number of carbonyl (C=O) groups is 2. The van der Waals surface area contributed by atoms with Gasteiger partial charge in [0.1, 0.15) is 6.04 Å². The first-order valence-corrected chi connectivity index (χ1v) is 8.11. The Morgan fingerprint density at radius 2 is 2.26 bits per heavy atom. The first-order valence-electron chi connectivity index (χ1n) is 6.08. The molecule has 0 aromatic carbocycles. The molecule has 0 unspecified atom stereocenters. The van der Waals surface area contributed by atoms with Gasteiger partial charge in [0.15, 0.2) is 0 Å². The van der Waals surface area contributed by atoms with Crippen LogP contribution in [0.3, 0.4) is 0 Å². The van der Waals surface area contributed by atoms with Gasteiger partial charge >= 0.3 is 12.0 Å². The van der Waals surface area contributed by atoms with Gasteiger partial charge in [-0.15, -0.1) is 23.1 Å². The van der Waals surface area contributed by atoms with Crippen molar-refractivity contribution >= 4 is 35.1 Å². The summed E-state index contributed by atoms with van der Waals surface area (Å²) >= 11 is 3.22. The average molecular weight is 298 g/mol. The van der Waals surface area contributed by atoms with Gasteiger partial charge < -0.3 is 14.9 Å². The highest BCUT2D eigenvalue weighted by Crippen LogP contribution is 2.27. The molecular formula is C12H14N2O3S2. The molecule has 5 nitrogen and oxygen atoms in total. The molecule has 0 radical (unpaired) electrons. The van der Waals surface area contributed by atoms with Gasteiger partial charge in [0.2, 0.25) is 0 Å². The fourth-order valence-corrected chi connectivity index (χ4v) is 4.46. The molecule has 1 N–H and O–H groups in total. The first-order chi connectivity index (χ1) is 9.16. The van der Waals surface area contributed by atoms with E-state index in [0.717, 1.165) is 6.42 Å². The topological polar surface area (TPSA) is 60.9 Å². The summed E-state index contributed by atoms with van der Waals surface area (Å²) in [6, 6.07) is 1.22. The van der Waals surface area contributed by atoms with E-state index in [-0.39, 0.29) is 6.03 Å². The van der Waals surface area contributed by atoms with Crippen LogP contribution < -0.4 is 0 Å². The van der Waals surface area contributed by atoms with Crippen LogP contribution in [-0.4, -0.2) is 51.1 Å². The molecule has 3 heterocycles. The Kier molecular flexibility index (Phi) is 3.40. The van der Waals surface area contributed by atoms with Crippen molar-refractivity contribution in [3.05, 3.63) is 21.9 Å². The third kappa shape index (κ3) is 2.32. The zero-order valence-corrected chi connectivity index (χ0v) is 11.9. The fraction of sp³-hybridized carbons (Fsp3) is 0.500. The number of amides is 2. The molecule has 0 bridgehead atoms. The largest absolute Gasteiger partial charge is 0.480 e. The van der Waals surface area contributed by atoms with E-state index in [0.29, 0.717) is 24.7 Å². The Morgan fingerprint density at radius 3 is 3.05 bits per heavy atom. The molecular weight excluding hydrogens is 284 g/mol. The molecule has 1 saturated heterocycles. The van der Waals surface area contributed by atoms with Crippen LogP contribution in [0.2, 0.25) is 0 Å². The number of carbonyl (C=O) groups excluding carboxylic acids is 1. The monoisotopic (exact) mass is 298 g/mol. The molecule has 19 heavy (non-hydrogen) atoms. The molecule has 1 aromatic heterocycles. The molecule has 2 aliphatic heterocycles. The van der Waals surface area contributed by atoms with Crippen molar-refractivity contribution in [2.24, 2.45) is 0 Å².